The first-order valence-corrected chi connectivity index (χ1v) is 13.0. The van der Waals surface area contributed by atoms with E-state index in [-0.39, 0.29) is 24.1 Å². The van der Waals surface area contributed by atoms with E-state index in [2.05, 4.69) is 5.32 Å². The maximum absolute atomic E-state index is 12.3. The monoisotopic (exact) mass is 468 g/mol. The van der Waals surface area contributed by atoms with Gasteiger partial charge >= 0.3 is 5.97 Å². The number of nitrogens with zero attached hydrogens (tertiary/aromatic N) is 1. The fourth-order valence-electron chi connectivity index (χ4n) is 5.31. The van der Waals surface area contributed by atoms with Crippen molar-refractivity contribution < 1.29 is 23.1 Å². The predicted octanol–water partition coefficient (Wildman–Crippen LogP) is 2.73. The lowest BCUT2D eigenvalue weighted by atomic mass is 9.80. The first kappa shape index (κ1) is 21.9. The summed E-state index contributed by atoms with van der Waals surface area (Å²) < 4.78 is 24.4. The van der Waals surface area contributed by atoms with Gasteiger partial charge in [-0.25, -0.2) is 8.42 Å². The molecule has 0 bridgehead atoms. The summed E-state index contributed by atoms with van der Waals surface area (Å²) in [5.41, 5.74) is 5.06. The average molecular weight is 469 g/mol. The third-order valence-electron chi connectivity index (χ3n) is 7.35. The van der Waals surface area contributed by atoms with Gasteiger partial charge in [-0.1, -0.05) is 18.2 Å². The van der Waals surface area contributed by atoms with E-state index in [0.29, 0.717) is 24.2 Å². The van der Waals surface area contributed by atoms with Gasteiger partial charge in [-0.3, -0.25) is 9.59 Å². The van der Waals surface area contributed by atoms with E-state index >= 15 is 0 Å². The smallest absolute Gasteiger partial charge is 0.323 e. The van der Waals surface area contributed by atoms with Crippen molar-refractivity contribution in [1.29, 1.82) is 0 Å². The zero-order valence-corrected chi connectivity index (χ0v) is 19.7. The van der Waals surface area contributed by atoms with Crippen LogP contribution < -0.4 is 5.32 Å². The Morgan fingerprint density at radius 3 is 2.73 bits per heavy atom. The summed E-state index contributed by atoms with van der Waals surface area (Å²) >= 11 is 0. The van der Waals surface area contributed by atoms with Crippen LogP contribution in [0.1, 0.15) is 44.2 Å². The molecule has 1 aromatic carbocycles. The second kappa shape index (κ2) is 7.58. The van der Waals surface area contributed by atoms with E-state index in [0.717, 1.165) is 46.5 Å². The highest BCUT2D eigenvalue weighted by Crippen LogP contribution is 2.47. The first-order valence-electron chi connectivity index (χ1n) is 11.4. The first-order chi connectivity index (χ1) is 15.6. The van der Waals surface area contributed by atoms with Crippen molar-refractivity contribution in [2.24, 2.45) is 5.92 Å². The van der Waals surface area contributed by atoms with Crippen LogP contribution in [0.15, 0.2) is 57.8 Å². The molecule has 2 aliphatic carbocycles. The number of benzene rings is 1. The van der Waals surface area contributed by atoms with Crippen LogP contribution >= 0.6 is 0 Å². The van der Waals surface area contributed by atoms with Crippen LogP contribution in [0.25, 0.3) is 0 Å². The molecule has 0 radical (unpaired) electrons. The fourth-order valence-corrected chi connectivity index (χ4v) is 6.86. The number of nitrogens with one attached hydrogen (secondary N) is 1. The molecule has 4 aliphatic rings. The van der Waals surface area contributed by atoms with Gasteiger partial charge in [-0.05, 0) is 80.4 Å². The van der Waals surface area contributed by atoms with Crippen LogP contribution in [0.5, 0.6) is 0 Å². The van der Waals surface area contributed by atoms with Crippen LogP contribution in [-0.4, -0.2) is 48.1 Å². The molecule has 7 nitrogen and oxygen atoms in total. The highest BCUT2D eigenvalue weighted by Gasteiger charge is 2.46. The molecular weight excluding hydrogens is 440 g/mol. The van der Waals surface area contributed by atoms with Gasteiger partial charge in [0.1, 0.15) is 6.54 Å². The number of carboxylic acid groups (broad SMARTS) is 1. The number of rotatable bonds is 6. The molecule has 174 valence electrons. The van der Waals surface area contributed by atoms with Crippen LogP contribution in [0, 0.1) is 5.92 Å². The molecule has 1 fully saturated rings. The lowest BCUT2D eigenvalue weighted by Gasteiger charge is -2.39. The number of carbonyl (C=O) groups is 2. The number of carbonyl (C=O) groups excluding carboxylic acids is 1. The highest BCUT2D eigenvalue weighted by atomic mass is 32.2. The quantitative estimate of drug-likeness (QED) is 0.665. The lowest BCUT2D eigenvalue weighted by molar-refractivity contribution is -0.138. The Kier molecular flexibility index (Phi) is 5.04. The molecule has 8 heteroatoms. The third kappa shape index (κ3) is 3.80. The lowest BCUT2D eigenvalue weighted by Crippen LogP contribution is -2.46. The standard InChI is InChI=1S/C25H28N2O5S/c1-15-20(12-16-3-6-22-18(11-16)8-10-33(22,31)32)21-13-19(26-24(30)17-4-5-17)7-9-25(21,2)27(15)14-23(28)29/h3,6-7,11,13,17H,4-5,8-10,12,14H2,1-2H3,(H,26,30)(H,28,29). The van der Waals surface area contributed by atoms with Gasteiger partial charge in [0.15, 0.2) is 9.84 Å². The second-order valence-corrected chi connectivity index (χ2v) is 11.8. The van der Waals surface area contributed by atoms with Crippen LogP contribution in [-0.2, 0) is 32.3 Å². The number of amides is 1. The Labute approximate surface area is 193 Å². The minimum absolute atomic E-state index is 0.0455. The molecule has 0 saturated heterocycles. The van der Waals surface area contributed by atoms with Gasteiger partial charge in [0.25, 0.3) is 0 Å². The Bertz CT molecular complexity index is 1270. The number of aliphatic carboxylic acids is 1. The zero-order chi connectivity index (χ0) is 23.5. The van der Waals surface area contributed by atoms with Gasteiger partial charge in [0.2, 0.25) is 5.91 Å². The molecule has 5 rings (SSSR count). The summed E-state index contributed by atoms with van der Waals surface area (Å²) in [5.74, 6) is -0.595. The topological polar surface area (TPSA) is 104 Å². The summed E-state index contributed by atoms with van der Waals surface area (Å²) in [6, 6.07) is 5.52. The highest BCUT2D eigenvalue weighted by molar-refractivity contribution is 7.91. The van der Waals surface area contributed by atoms with E-state index in [1.54, 1.807) is 6.07 Å². The minimum Gasteiger partial charge on any atom is -0.480 e. The van der Waals surface area contributed by atoms with Gasteiger partial charge in [-0.15, -0.1) is 0 Å². The molecule has 2 aliphatic heterocycles. The van der Waals surface area contributed by atoms with Gasteiger partial charge in [-0.2, -0.15) is 0 Å². The number of carboxylic acids is 1. The molecule has 0 spiro atoms. The zero-order valence-electron chi connectivity index (χ0n) is 18.8. The number of allylic oxidation sites excluding steroid dienone is 2. The number of aryl methyl sites for hydroxylation is 1. The summed E-state index contributed by atoms with van der Waals surface area (Å²) in [6.07, 6.45) is 7.51. The number of hydrogen-bond acceptors (Lipinski definition) is 5. The van der Waals surface area contributed by atoms with Crippen molar-refractivity contribution in [3.8, 4) is 0 Å². The largest absolute Gasteiger partial charge is 0.480 e. The molecular formula is C25H28N2O5S. The summed E-state index contributed by atoms with van der Waals surface area (Å²) in [4.78, 5) is 26.3. The maximum Gasteiger partial charge on any atom is 0.323 e. The van der Waals surface area contributed by atoms with Crippen LogP contribution in [0.4, 0.5) is 0 Å². The van der Waals surface area contributed by atoms with Crippen molar-refractivity contribution in [3.63, 3.8) is 0 Å². The second-order valence-electron chi connectivity index (χ2n) is 9.69. The van der Waals surface area contributed by atoms with Crippen molar-refractivity contribution in [2.75, 3.05) is 12.3 Å². The normalized spacial score (nSPS) is 25.3. The van der Waals surface area contributed by atoms with E-state index in [9.17, 15) is 23.1 Å². The third-order valence-corrected chi connectivity index (χ3v) is 9.16. The number of fused-ring (bicyclic) bond motifs is 2. The maximum atomic E-state index is 12.3. The van der Waals surface area contributed by atoms with Gasteiger partial charge in [0, 0.05) is 17.3 Å². The van der Waals surface area contributed by atoms with E-state index in [4.69, 9.17) is 0 Å². The molecule has 0 aromatic heterocycles. The van der Waals surface area contributed by atoms with E-state index in [1.165, 1.54) is 0 Å². The van der Waals surface area contributed by atoms with Crippen molar-refractivity contribution in [1.82, 2.24) is 10.2 Å². The van der Waals surface area contributed by atoms with Crippen molar-refractivity contribution >= 4 is 21.7 Å². The van der Waals surface area contributed by atoms with Crippen molar-refractivity contribution in [2.45, 2.75) is 56.4 Å². The Morgan fingerprint density at radius 1 is 1.27 bits per heavy atom. The van der Waals surface area contributed by atoms with Crippen molar-refractivity contribution in [3.05, 3.63) is 64.0 Å². The molecule has 1 amide bonds. The average Bonchev–Trinajstić information content (AvgIpc) is 3.53. The molecule has 1 saturated carbocycles. The molecule has 1 atom stereocenters. The van der Waals surface area contributed by atoms with Gasteiger partial charge < -0.3 is 15.3 Å². The summed E-state index contributed by atoms with van der Waals surface area (Å²) in [5, 5.41) is 12.6. The molecule has 2 heterocycles. The Hall–Kier alpha value is -2.87. The number of sulfone groups is 1. The van der Waals surface area contributed by atoms with Crippen LogP contribution in [0.3, 0.4) is 0 Å². The molecule has 1 unspecified atom stereocenters. The van der Waals surface area contributed by atoms with E-state index in [1.807, 2.05) is 43.0 Å². The Balaban J connectivity index is 1.50. The van der Waals surface area contributed by atoms with Crippen LogP contribution in [0.2, 0.25) is 0 Å². The number of hydrogen-bond donors (Lipinski definition) is 2. The Morgan fingerprint density at radius 2 is 2.03 bits per heavy atom. The summed E-state index contributed by atoms with van der Waals surface area (Å²) in [6.45, 7) is 3.88. The molecule has 33 heavy (non-hydrogen) atoms. The minimum atomic E-state index is -3.18. The van der Waals surface area contributed by atoms with E-state index < -0.39 is 21.3 Å². The molecule has 1 aromatic rings. The van der Waals surface area contributed by atoms with Gasteiger partial charge in [0.05, 0.1) is 16.2 Å². The fraction of sp³-hybridized carbons (Fsp3) is 0.440. The SMILES string of the molecule is CC1=C(Cc2ccc3c(c2)CCS3(=O)=O)C2=CC(NC(=O)C3CC3)=CCC2(C)N1CC(=O)O. The summed E-state index contributed by atoms with van der Waals surface area (Å²) in [7, 11) is -3.18. The predicted molar refractivity (Wildman–Crippen MR) is 123 cm³/mol. The molecule has 2 N–H and O–H groups in total.